The minimum atomic E-state index is -0.510. The molecule has 0 unspecified atom stereocenters. The molecule has 0 amide bonds. The van der Waals surface area contributed by atoms with E-state index < -0.39 is 5.97 Å². The zero-order valence-electron chi connectivity index (χ0n) is 10.9. The molecule has 8 heteroatoms. The van der Waals surface area contributed by atoms with E-state index in [0.717, 1.165) is 0 Å². The summed E-state index contributed by atoms with van der Waals surface area (Å²) in [4.78, 5) is 11.3. The van der Waals surface area contributed by atoms with Crippen molar-refractivity contribution in [3.63, 3.8) is 0 Å². The van der Waals surface area contributed by atoms with Gasteiger partial charge >= 0.3 is 5.97 Å². The van der Waals surface area contributed by atoms with E-state index in [-0.39, 0.29) is 5.76 Å². The Kier molecular flexibility index (Phi) is 3.78. The van der Waals surface area contributed by atoms with E-state index in [1.807, 2.05) is 0 Å². The van der Waals surface area contributed by atoms with E-state index in [4.69, 9.17) is 13.3 Å². The zero-order chi connectivity index (χ0) is 14.7. The number of carbonyl (C=O) groups is 1. The molecule has 0 N–H and O–H groups in total. The molecule has 3 rings (SSSR count). The van der Waals surface area contributed by atoms with E-state index >= 15 is 0 Å². The maximum Gasteiger partial charge on any atom is 0.373 e. The molecular formula is C13H10N2O5S. The molecule has 3 heterocycles. The lowest BCUT2D eigenvalue weighted by Gasteiger charge is -1.94. The highest BCUT2D eigenvalue weighted by Crippen LogP contribution is 2.26. The molecule has 0 bridgehead atoms. The van der Waals surface area contributed by atoms with Crippen molar-refractivity contribution in [2.24, 2.45) is 0 Å². The average molecular weight is 306 g/mol. The molecule has 21 heavy (non-hydrogen) atoms. The molecule has 7 nitrogen and oxygen atoms in total. The summed E-state index contributed by atoms with van der Waals surface area (Å²) in [5.41, 5.74) is 0. The SMILES string of the molecule is COC(=O)c1ccc(CSc2nnc(-c3ccco3)o2)o1. The fourth-order valence-corrected chi connectivity index (χ4v) is 2.22. The molecule has 108 valence electrons. The molecule has 0 radical (unpaired) electrons. The number of aromatic nitrogens is 2. The van der Waals surface area contributed by atoms with Crippen molar-refractivity contribution >= 4 is 17.7 Å². The van der Waals surface area contributed by atoms with E-state index in [9.17, 15) is 4.79 Å². The molecule has 0 spiro atoms. The predicted molar refractivity (Wildman–Crippen MR) is 71.6 cm³/mol. The Hall–Kier alpha value is -2.48. The molecule has 0 aliphatic rings. The van der Waals surface area contributed by atoms with Gasteiger partial charge in [0.15, 0.2) is 5.76 Å². The third-order valence-electron chi connectivity index (χ3n) is 2.52. The van der Waals surface area contributed by atoms with Crippen molar-refractivity contribution < 1.29 is 22.8 Å². The maximum absolute atomic E-state index is 11.3. The van der Waals surface area contributed by atoms with E-state index in [2.05, 4.69) is 14.9 Å². The van der Waals surface area contributed by atoms with Crippen LogP contribution < -0.4 is 0 Å². The second-order valence-electron chi connectivity index (χ2n) is 3.90. The Morgan fingerprint density at radius 1 is 1.29 bits per heavy atom. The molecule has 0 saturated carbocycles. The summed E-state index contributed by atoms with van der Waals surface area (Å²) in [6.45, 7) is 0. The minimum Gasteiger partial charge on any atom is -0.463 e. The van der Waals surface area contributed by atoms with Crippen LogP contribution in [-0.4, -0.2) is 23.3 Å². The molecular weight excluding hydrogens is 296 g/mol. The normalized spacial score (nSPS) is 10.7. The van der Waals surface area contributed by atoms with Crippen LogP contribution in [0.25, 0.3) is 11.7 Å². The van der Waals surface area contributed by atoms with Gasteiger partial charge in [-0.2, -0.15) is 0 Å². The van der Waals surface area contributed by atoms with Crippen LogP contribution in [0.4, 0.5) is 0 Å². The number of methoxy groups -OCH3 is 1. The molecule has 0 fully saturated rings. The topological polar surface area (TPSA) is 91.5 Å². The second kappa shape index (κ2) is 5.88. The summed E-state index contributed by atoms with van der Waals surface area (Å²) in [6.07, 6.45) is 1.53. The van der Waals surface area contributed by atoms with Crippen LogP contribution >= 0.6 is 11.8 Å². The highest BCUT2D eigenvalue weighted by Gasteiger charge is 2.14. The van der Waals surface area contributed by atoms with E-state index in [0.29, 0.717) is 28.4 Å². The lowest BCUT2D eigenvalue weighted by Crippen LogP contribution is -1.98. The van der Waals surface area contributed by atoms with Gasteiger partial charge in [-0.05, 0) is 24.3 Å². The number of ether oxygens (including phenoxy) is 1. The number of nitrogens with zero attached hydrogens (tertiary/aromatic N) is 2. The van der Waals surface area contributed by atoms with Gasteiger partial charge < -0.3 is 18.0 Å². The fourth-order valence-electron chi connectivity index (χ4n) is 1.57. The minimum absolute atomic E-state index is 0.162. The first-order chi connectivity index (χ1) is 10.3. The van der Waals surface area contributed by atoms with Crippen LogP contribution in [0.2, 0.25) is 0 Å². The van der Waals surface area contributed by atoms with Gasteiger partial charge in [0, 0.05) is 0 Å². The molecule has 0 aliphatic carbocycles. The summed E-state index contributed by atoms with van der Waals surface area (Å²) >= 11 is 1.30. The van der Waals surface area contributed by atoms with Gasteiger partial charge in [0.05, 0.1) is 19.1 Å². The van der Waals surface area contributed by atoms with Crippen molar-refractivity contribution in [3.05, 3.63) is 42.0 Å². The molecule has 3 aromatic heterocycles. The van der Waals surface area contributed by atoms with Crippen molar-refractivity contribution in [3.8, 4) is 11.7 Å². The Bertz CT molecular complexity index is 731. The number of hydrogen-bond donors (Lipinski definition) is 0. The molecule has 0 saturated heterocycles. The standard InChI is InChI=1S/C13H10N2O5S/c1-17-12(16)10-5-4-8(19-10)7-21-13-15-14-11(20-13)9-3-2-6-18-9/h2-6H,7H2,1H3. The molecule has 3 aromatic rings. The Morgan fingerprint density at radius 3 is 2.95 bits per heavy atom. The van der Waals surface area contributed by atoms with Crippen molar-refractivity contribution in [1.29, 1.82) is 0 Å². The average Bonchev–Trinajstić information content (AvgIpc) is 3.23. The maximum atomic E-state index is 11.3. The zero-order valence-corrected chi connectivity index (χ0v) is 11.8. The lowest BCUT2D eigenvalue weighted by atomic mass is 10.4. The summed E-state index contributed by atoms with van der Waals surface area (Å²) in [5.74, 6) is 1.55. The van der Waals surface area contributed by atoms with Crippen LogP contribution in [-0.2, 0) is 10.5 Å². The molecule has 0 atom stereocenters. The first-order valence-corrected chi connectivity index (χ1v) is 6.92. The van der Waals surface area contributed by atoms with Crippen LogP contribution in [0.15, 0.2) is 49.0 Å². The first-order valence-electron chi connectivity index (χ1n) is 5.93. The van der Waals surface area contributed by atoms with Crippen molar-refractivity contribution in [2.75, 3.05) is 7.11 Å². The Balaban J connectivity index is 1.63. The van der Waals surface area contributed by atoms with Crippen LogP contribution in [0.1, 0.15) is 16.3 Å². The second-order valence-corrected chi connectivity index (χ2v) is 4.82. The molecule has 0 aromatic carbocycles. The predicted octanol–water partition coefficient (Wildman–Crippen LogP) is 3.00. The van der Waals surface area contributed by atoms with Gasteiger partial charge in [-0.15, -0.1) is 10.2 Å². The Morgan fingerprint density at radius 2 is 2.19 bits per heavy atom. The third-order valence-corrected chi connectivity index (χ3v) is 3.37. The summed E-state index contributed by atoms with van der Waals surface area (Å²) in [6, 6.07) is 6.73. The summed E-state index contributed by atoms with van der Waals surface area (Å²) in [5, 5.41) is 8.17. The number of hydrogen-bond acceptors (Lipinski definition) is 8. The number of esters is 1. The first kappa shape index (κ1) is 13.5. The van der Waals surface area contributed by atoms with Gasteiger partial charge in [0.2, 0.25) is 5.76 Å². The Labute approximate surface area is 123 Å². The van der Waals surface area contributed by atoms with Crippen LogP contribution in [0.5, 0.6) is 0 Å². The number of furan rings is 2. The van der Waals surface area contributed by atoms with E-state index in [1.165, 1.54) is 25.1 Å². The van der Waals surface area contributed by atoms with Gasteiger partial charge in [0.25, 0.3) is 11.1 Å². The third kappa shape index (κ3) is 3.00. The lowest BCUT2D eigenvalue weighted by molar-refractivity contribution is 0.0563. The summed E-state index contributed by atoms with van der Waals surface area (Å²) in [7, 11) is 1.30. The van der Waals surface area contributed by atoms with Crippen molar-refractivity contribution in [2.45, 2.75) is 11.0 Å². The monoisotopic (exact) mass is 306 g/mol. The quantitative estimate of drug-likeness (QED) is 0.524. The van der Waals surface area contributed by atoms with Gasteiger partial charge in [-0.25, -0.2) is 4.79 Å². The van der Waals surface area contributed by atoms with Crippen LogP contribution in [0.3, 0.4) is 0 Å². The van der Waals surface area contributed by atoms with Gasteiger partial charge in [-0.3, -0.25) is 0 Å². The number of thioether (sulfide) groups is 1. The highest BCUT2D eigenvalue weighted by molar-refractivity contribution is 7.98. The highest BCUT2D eigenvalue weighted by atomic mass is 32.2. The smallest absolute Gasteiger partial charge is 0.373 e. The van der Waals surface area contributed by atoms with Gasteiger partial charge in [0.1, 0.15) is 5.76 Å². The number of rotatable bonds is 5. The summed E-state index contributed by atoms with van der Waals surface area (Å²) < 4.78 is 20.5. The fraction of sp³-hybridized carbons (Fsp3) is 0.154. The molecule has 0 aliphatic heterocycles. The van der Waals surface area contributed by atoms with Crippen molar-refractivity contribution in [1.82, 2.24) is 10.2 Å². The van der Waals surface area contributed by atoms with Gasteiger partial charge in [-0.1, -0.05) is 11.8 Å². The van der Waals surface area contributed by atoms with Crippen LogP contribution in [0, 0.1) is 0 Å². The number of carbonyl (C=O) groups excluding carboxylic acids is 1. The largest absolute Gasteiger partial charge is 0.463 e. The van der Waals surface area contributed by atoms with E-state index in [1.54, 1.807) is 24.3 Å².